The lowest BCUT2D eigenvalue weighted by Crippen LogP contribution is -2.39. The van der Waals surface area contributed by atoms with E-state index in [1.807, 2.05) is 0 Å². The molecule has 0 aliphatic heterocycles. The van der Waals surface area contributed by atoms with Crippen molar-refractivity contribution in [3.63, 3.8) is 0 Å². The van der Waals surface area contributed by atoms with E-state index in [0.29, 0.717) is 6.04 Å². The number of nitrogens with two attached hydrogens (primary N) is 1. The van der Waals surface area contributed by atoms with Gasteiger partial charge < -0.3 is 0 Å². The van der Waals surface area contributed by atoms with Crippen LogP contribution in [0.3, 0.4) is 0 Å². The van der Waals surface area contributed by atoms with Crippen LogP contribution >= 0.6 is 0 Å². The van der Waals surface area contributed by atoms with Gasteiger partial charge >= 0.3 is 0 Å². The van der Waals surface area contributed by atoms with Crippen molar-refractivity contribution in [1.29, 1.82) is 0 Å². The zero-order chi connectivity index (χ0) is 11.7. The van der Waals surface area contributed by atoms with E-state index in [1.54, 1.807) is 5.57 Å². The molecule has 0 aromatic rings. The van der Waals surface area contributed by atoms with Crippen molar-refractivity contribution in [3.8, 4) is 0 Å². The van der Waals surface area contributed by atoms with Crippen LogP contribution in [-0.4, -0.2) is 6.04 Å². The highest BCUT2D eigenvalue weighted by atomic mass is 15.2. The quantitative estimate of drug-likeness (QED) is 0.447. The van der Waals surface area contributed by atoms with Crippen molar-refractivity contribution in [1.82, 2.24) is 5.43 Å². The maximum Gasteiger partial charge on any atom is 0.0453 e. The van der Waals surface area contributed by atoms with Gasteiger partial charge in [-0.05, 0) is 56.3 Å². The Hall–Kier alpha value is -0.340. The SMILES string of the molecule is NNC(C1=CCCCCCC1)C1C2CCCC21. The van der Waals surface area contributed by atoms with Crippen molar-refractivity contribution in [3.05, 3.63) is 11.6 Å². The maximum atomic E-state index is 5.85. The lowest BCUT2D eigenvalue weighted by molar-refractivity contribution is 0.438. The Balaban J connectivity index is 1.67. The van der Waals surface area contributed by atoms with Crippen molar-refractivity contribution < 1.29 is 0 Å². The van der Waals surface area contributed by atoms with Crippen LogP contribution in [0.5, 0.6) is 0 Å². The van der Waals surface area contributed by atoms with Gasteiger partial charge in [0.15, 0.2) is 0 Å². The number of hydrogen-bond acceptors (Lipinski definition) is 2. The van der Waals surface area contributed by atoms with Gasteiger partial charge in [-0.1, -0.05) is 30.9 Å². The summed E-state index contributed by atoms with van der Waals surface area (Å²) in [4.78, 5) is 0. The molecule has 0 radical (unpaired) electrons. The minimum atomic E-state index is 0.503. The molecule has 0 heterocycles. The predicted molar refractivity (Wildman–Crippen MR) is 71.2 cm³/mol. The first-order valence-corrected chi connectivity index (χ1v) is 7.57. The molecule has 3 atom stereocenters. The second kappa shape index (κ2) is 5.11. The second-order valence-electron chi connectivity index (χ2n) is 6.21. The Kier molecular flexibility index (Phi) is 3.53. The van der Waals surface area contributed by atoms with Gasteiger partial charge in [0.25, 0.3) is 0 Å². The van der Waals surface area contributed by atoms with Crippen LogP contribution in [0, 0.1) is 17.8 Å². The lowest BCUT2D eigenvalue weighted by Gasteiger charge is -2.23. The summed E-state index contributed by atoms with van der Waals surface area (Å²) in [6, 6.07) is 0.503. The molecule has 2 heteroatoms. The Bertz CT molecular complexity index is 287. The van der Waals surface area contributed by atoms with Crippen LogP contribution in [0.2, 0.25) is 0 Å². The van der Waals surface area contributed by atoms with Crippen molar-refractivity contribution in [2.45, 2.75) is 63.8 Å². The van der Waals surface area contributed by atoms with Crippen molar-refractivity contribution in [2.75, 3.05) is 0 Å². The monoisotopic (exact) mass is 234 g/mol. The van der Waals surface area contributed by atoms with E-state index in [1.165, 1.54) is 57.8 Å². The lowest BCUT2D eigenvalue weighted by atomic mass is 9.90. The average molecular weight is 234 g/mol. The zero-order valence-corrected chi connectivity index (χ0v) is 10.8. The number of nitrogens with one attached hydrogen (secondary N) is 1. The second-order valence-corrected chi connectivity index (χ2v) is 6.21. The Morgan fingerprint density at radius 3 is 2.59 bits per heavy atom. The molecule has 2 saturated carbocycles. The van der Waals surface area contributed by atoms with E-state index >= 15 is 0 Å². The maximum absolute atomic E-state index is 5.85. The smallest absolute Gasteiger partial charge is 0.0453 e. The fraction of sp³-hybridized carbons (Fsp3) is 0.867. The fourth-order valence-corrected chi connectivity index (χ4v) is 4.34. The molecular formula is C15H26N2. The minimum absolute atomic E-state index is 0.503. The molecule has 0 spiro atoms. The number of fused-ring (bicyclic) bond motifs is 1. The van der Waals surface area contributed by atoms with Crippen LogP contribution < -0.4 is 11.3 Å². The average Bonchev–Trinajstić information content (AvgIpc) is 2.77. The molecule has 17 heavy (non-hydrogen) atoms. The van der Waals surface area contributed by atoms with Gasteiger partial charge in [-0.25, -0.2) is 0 Å². The van der Waals surface area contributed by atoms with Gasteiger partial charge in [-0.15, -0.1) is 0 Å². The molecule has 3 aliphatic rings. The summed E-state index contributed by atoms with van der Waals surface area (Å²) < 4.78 is 0. The highest BCUT2D eigenvalue weighted by Gasteiger charge is 2.56. The summed E-state index contributed by atoms with van der Waals surface area (Å²) in [5, 5.41) is 0. The van der Waals surface area contributed by atoms with E-state index in [4.69, 9.17) is 5.84 Å². The van der Waals surface area contributed by atoms with Gasteiger partial charge in [-0.2, -0.15) is 0 Å². The topological polar surface area (TPSA) is 38.0 Å². The molecule has 0 bridgehead atoms. The summed E-state index contributed by atoms with van der Waals surface area (Å²) in [5.41, 5.74) is 4.77. The number of hydrogen-bond donors (Lipinski definition) is 2. The number of allylic oxidation sites excluding steroid dienone is 1. The Labute approximate surface area is 105 Å². The van der Waals surface area contributed by atoms with E-state index in [-0.39, 0.29) is 0 Å². The first kappa shape index (κ1) is 11.7. The van der Waals surface area contributed by atoms with Gasteiger partial charge in [0, 0.05) is 6.04 Å². The van der Waals surface area contributed by atoms with Gasteiger partial charge in [-0.3, -0.25) is 11.3 Å². The standard InChI is InChI=1S/C15H26N2/c16-17-15(14-12-9-6-10-13(12)14)11-7-4-2-1-3-5-8-11/h7,12-15,17H,1-6,8-10,16H2. The molecule has 0 amide bonds. The number of rotatable bonds is 3. The normalized spacial score (nSPS) is 38.9. The van der Waals surface area contributed by atoms with E-state index in [2.05, 4.69) is 11.5 Å². The third kappa shape index (κ3) is 2.30. The fourth-order valence-electron chi connectivity index (χ4n) is 4.34. The first-order chi connectivity index (χ1) is 8.42. The summed E-state index contributed by atoms with van der Waals surface area (Å²) >= 11 is 0. The largest absolute Gasteiger partial charge is 0.271 e. The molecule has 0 aromatic carbocycles. The number of hydrazine groups is 1. The molecule has 3 unspecified atom stereocenters. The summed E-state index contributed by atoms with van der Waals surface area (Å²) in [7, 11) is 0. The van der Waals surface area contributed by atoms with Crippen LogP contribution in [0.15, 0.2) is 11.6 Å². The van der Waals surface area contributed by atoms with Crippen LogP contribution in [0.1, 0.15) is 57.8 Å². The van der Waals surface area contributed by atoms with Gasteiger partial charge in [0.1, 0.15) is 0 Å². The molecule has 3 aliphatic carbocycles. The molecular weight excluding hydrogens is 208 g/mol. The first-order valence-electron chi connectivity index (χ1n) is 7.57. The summed E-state index contributed by atoms with van der Waals surface area (Å²) in [6.45, 7) is 0. The van der Waals surface area contributed by atoms with Gasteiger partial charge in [0.05, 0.1) is 0 Å². The highest BCUT2D eigenvalue weighted by Crippen LogP contribution is 2.60. The molecule has 2 fully saturated rings. The van der Waals surface area contributed by atoms with E-state index in [0.717, 1.165) is 17.8 Å². The van der Waals surface area contributed by atoms with Crippen LogP contribution in [0.25, 0.3) is 0 Å². The van der Waals surface area contributed by atoms with E-state index in [9.17, 15) is 0 Å². The zero-order valence-electron chi connectivity index (χ0n) is 10.8. The summed E-state index contributed by atoms with van der Waals surface area (Å²) in [6.07, 6.45) is 15.0. The molecule has 96 valence electrons. The molecule has 0 saturated heterocycles. The van der Waals surface area contributed by atoms with E-state index < -0.39 is 0 Å². The van der Waals surface area contributed by atoms with Crippen LogP contribution in [0.4, 0.5) is 0 Å². The van der Waals surface area contributed by atoms with Crippen molar-refractivity contribution in [2.24, 2.45) is 23.6 Å². The Morgan fingerprint density at radius 1 is 1.06 bits per heavy atom. The third-order valence-corrected chi connectivity index (χ3v) is 5.26. The molecule has 3 rings (SSSR count). The highest BCUT2D eigenvalue weighted by molar-refractivity contribution is 5.20. The van der Waals surface area contributed by atoms with Gasteiger partial charge in [0.2, 0.25) is 0 Å². The molecule has 0 aromatic heterocycles. The van der Waals surface area contributed by atoms with Crippen molar-refractivity contribution >= 4 is 0 Å². The Morgan fingerprint density at radius 2 is 1.82 bits per heavy atom. The minimum Gasteiger partial charge on any atom is -0.271 e. The molecule has 2 nitrogen and oxygen atoms in total. The summed E-state index contributed by atoms with van der Waals surface area (Å²) in [5.74, 6) is 8.73. The predicted octanol–water partition coefficient (Wildman–Crippen LogP) is 3.15. The van der Waals surface area contributed by atoms with Crippen LogP contribution in [-0.2, 0) is 0 Å². The third-order valence-electron chi connectivity index (χ3n) is 5.26. The molecule has 3 N–H and O–H groups in total.